The molecule has 0 aliphatic heterocycles. The van der Waals surface area contributed by atoms with Gasteiger partial charge in [-0.2, -0.15) is 0 Å². The molecule has 1 aliphatic carbocycles. The molecule has 0 heterocycles. The van der Waals surface area contributed by atoms with Gasteiger partial charge in [-0.1, -0.05) is 22.0 Å². The van der Waals surface area contributed by atoms with E-state index in [-0.39, 0.29) is 11.8 Å². The summed E-state index contributed by atoms with van der Waals surface area (Å²) in [5.74, 6) is -0.349. The number of rotatable bonds is 4. The standard InChI is InChI=1S/C18H17BrN2O2/c1-11-9-14(19)5-8-16(11)21-18(23)13-4-2-3-12(10-13)17(22)20-15-6-7-15/h2-5,8-10,15H,6-7H2,1H3,(H,20,22)(H,21,23). The van der Waals surface area contributed by atoms with Crippen LogP contribution in [0.1, 0.15) is 39.1 Å². The number of carbonyl (C=O) groups excluding carboxylic acids is 2. The van der Waals surface area contributed by atoms with E-state index in [0.29, 0.717) is 17.2 Å². The van der Waals surface area contributed by atoms with E-state index in [1.54, 1.807) is 24.3 Å². The third kappa shape index (κ3) is 3.99. The number of nitrogens with one attached hydrogen (secondary N) is 2. The summed E-state index contributed by atoms with van der Waals surface area (Å²) >= 11 is 3.40. The fraction of sp³-hybridized carbons (Fsp3) is 0.222. The van der Waals surface area contributed by atoms with Gasteiger partial charge in [0.25, 0.3) is 11.8 Å². The van der Waals surface area contributed by atoms with Gasteiger partial charge in [-0.05, 0) is 61.7 Å². The van der Waals surface area contributed by atoms with Crippen LogP contribution in [0.15, 0.2) is 46.9 Å². The van der Waals surface area contributed by atoms with Crippen LogP contribution in [0, 0.1) is 6.92 Å². The van der Waals surface area contributed by atoms with E-state index >= 15 is 0 Å². The maximum absolute atomic E-state index is 12.4. The Morgan fingerprint density at radius 1 is 1.04 bits per heavy atom. The molecule has 0 unspecified atom stereocenters. The minimum Gasteiger partial charge on any atom is -0.349 e. The first-order chi connectivity index (χ1) is 11.0. The molecule has 4 nitrogen and oxygen atoms in total. The maximum Gasteiger partial charge on any atom is 0.255 e. The summed E-state index contributed by atoms with van der Waals surface area (Å²) in [6.07, 6.45) is 2.07. The summed E-state index contributed by atoms with van der Waals surface area (Å²) in [5, 5.41) is 5.81. The number of aryl methyl sites for hydroxylation is 1. The summed E-state index contributed by atoms with van der Waals surface area (Å²) in [7, 11) is 0. The molecular formula is C18H17BrN2O2. The van der Waals surface area contributed by atoms with Gasteiger partial charge in [0.15, 0.2) is 0 Å². The summed E-state index contributed by atoms with van der Waals surface area (Å²) in [6.45, 7) is 1.93. The molecule has 2 amide bonds. The van der Waals surface area contributed by atoms with Gasteiger partial charge in [0.05, 0.1) is 0 Å². The molecule has 1 saturated carbocycles. The molecule has 23 heavy (non-hydrogen) atoms. The molecule has 118 valence electrons. The van der Waals surface area contributed by atoms with E-state index in [1.165, 1.54) is 0 Å². The van der Waals surface area contributed by atoms with Crippen molar-refractivity contribution in [2.75, 3.05) is 5.32 Å². The van der Waals surface area contributed by atoms with Gasteiger partial charge in [0, 0.05) is 27.3 Å². The molecule has 1 aliphatic rings. The van der Waals surface area contributed by atoms with Crippen molar-refractivity contribution in [1.29, 1.82) is 0 Å². The summed E-state index contributed by atoms with van der Waals surface area (Å²) in [5.41, 5.74) is 2.70. The van der Waals surface area contributed by atoms with Gasteiger partial charge in [-0.15, -0.1) is 0 Å². The first-order valence-corrected chi connectivity index (χ1v) is 8.30. The molecule has 1 fully saturated rings. The minimum absolute atomic E-state index is 0.123. The molecule has 0 aromatic heterocycles. The Bertz CT molecular complexity index is 769. The number of anilines is 1. The first kappa shape index (κ1) is 15.7. The molecular weight excluding hydrogens is 356 g/mol. The smallest absolute Gasteiger partial charge is 0.255 e. The highest BCUT2D eigenvalue weighted by Gasteiger charge is 2.24. The Balaban J connectivity index is 1.75. The van der Waals surface area contributed by atoms with Crippen molar-refractivity contribution in [3.8, 4) is 0 Å². The van der Waals surface area contributed by atoms with Crippen molar-refractivity contribution >= 4 is 33.4 Å². The van der Waals surface area contributed by atoms with Gasteiger partial charge in [0.1, 0.15) is 0 Å². The Morgan fingerprint density at radius 2 is 1.74 bits per heavy atom. The highest BCUT2D eigenvalue weighted by molar-refractivity contribution is 9.10. The number of amides is 2. The van der Waals surface area contributed by atoms with Gasteiger partial charge < -0.3 is 10.6 Å². The molecule has 0 saturated heterocycles. The van der Waals surface area contributed by atoms with Gasteiger partial charge in [-0.3, -0.25) is 9.59 Å². The first-order valence-electron chi connectivity index (χ1n) is 7.51. The van der Waals surface area contributed by atoms with Crippen LogP contribution in [0.25, 0.3) is 0 Å². The molecule has 0 bridgehead atoms. The van der Waals surface area contributed by atoms with E-state index in [4.69, 9.17) is 0 Å². The molecule has 2 aromatic carbocycles. The van der Waals surface area contributed by atoms with Crippen LogP contribution in [-0.4, -0.2) is 17.9 Å². The molecule has 0 atom stereocenters. The zero-order valence-electron chi connectivity index (χ0n) is 12.7. The summed E-state index contributed by atoms with van der Waals surface area (Å²) < 4.78 is 0.965. The van der Waals surface area contributed by atoms with Crippen molar-refractivity contribution in [2.45, 2.75) is 25.8 Å². The van der Waals surface area contributed by atoms with Gasteiger partial charge >= 0.3 is 0 Å². The van der Waals surface area contributed by atoms with E-state index in [9.17, 15) is 9.59 Å². The van der Waals surface area contributed by atoms with Crippen molar-refractivity contribution < 1.29 is 9.59 Å². The summed E-state index contributed by atoms with van der Waals surface area (Å²) in [4.78, 5) is 24.5. The second-order valence-corrected chi connectivity index (χ2v) is 6.66. The SMILES string of the molecule is Cc1cc(Br)ccc1NC(=O)c1cccc(C(=O)NC2CC2)c1. The van der Waals surface area contributed by atoms with Crippen molar-refractivity contribution in [3.63, 3.8) is 0 Å². The second kappa shape index (κ2) is 6.54. The molecule has 0 spiro atoms. The van der Waals surface area contributed by atoms with E-state index in [1.807, 2.05) is 25.1 Å². The van der Waals surface area contributed by atoms with Gasteiger partial charge in [0.2, 0.25) is 0 Å². The Hall–Kier alpha value is -2.14. The lowest BCUT2D eigenvalue weighted by molar-refractivity contribution is 0.0951. The number of benzene rings is 2. The lowest BCUT2D eigenvalue weighted by Gasteiger charge is -2.10. The Labute approximate surface area is 143 Å². The van der Waals surface area contributed by atoms with E-state index in [0.717, 1.165) is 28.6 Å². The number of halogens is 1. The number of carbonyl (C=O) groups is 2. The van der Waals surface area contributed by atoms with Crippen LogP contribution in [0.4, 0.5) is 5.69 Å². The zero-order valence-corrected chi connectivity index (χ0v) is 14.3. The molecule has 5 heteroatoms. The fourth-order valence-corrected chi connectivity index (χ4v) is 2.74. The average molecular weight is 373 g/mol. The normalized spacial score (nSPS) is 13.5. The average Bonchev–Trinajstić information content (AvgIpc) is 3.34. The highest BCUT2D eigenvalue weighted by Crippen LogP contribution is 2.21. The largest absolute Gasteiger partial charge is 0.349 e. The monoisotopic (exact) mass is 372 g/mol. The highest BCUT2D eigenvalue weighted by atomic mass is 79.9. The minimum atomic E-state index is -0.225. The van der Waals surface area contributed by atoms with Crippen LogP contribution in [0.5, 0.6) is 0 Å². The predicted molar refractivity (Wildman–Crippen MR) is 93.8 cm³/mol. The third-order valence-corrected chi connectivity index (χ3v) is 4.23. The van der Waals surface area contributed by atoms with E-state index < -0.39 is 0 Å². The summed E-state index contributed by atoms with van der Waals surface area (Å²) in [6, 6.07) is 12.7. The number of hydrogen-bond acceptors (Lipinski definition) is 2. The third-order valence-electron chi connectivity index (χ3n) is 3.74. The van der Waals surface area contributed by atoms with Crippen molar-refractivity contribution in [1.82, 2.24) is 5.32 Å². The zero-order chi connectivity index (χ0) is 16.4. The van der Waals surface area contributed by atoms with E-state index in [2.05, 4.69) is 26.6 Å². The van der Waals surface area contributed by atoms with Gasteiger partial charge in [-0.25, -0.2) is 0 Å². The topological polar surface area (TPSA) is 58.2 Å². The number of hydrogen-bond donors (Lipinski definition) is 2. The maximum atomic E-state index is 12.4. The second-order valence-electron chi connectivity index (χ2n) is 5.74. The van der Waals surface area contributed by atoms with Crippen LogP contribution in [0.3, 0.4) is 0 Å². The lowest BCUT2D eigenvalue weighted by atomic mass is 10.1. The van der Waals surface area contributed by atoms with Crippen LogP contribution in [0.2, 0.25) is 0 Å². The Morgan fingerprint density at radius 3 is 2.39 bits per heavy atom. The molecule has 2 aromatic rings. The van der Waals surface area contributed by atoms with Crippen LogP contribution >= 0.6 is 15.9 Å². The molecule has 3 rings (SSSR count). The fourth-order valence-electron chi connectivity index (χ4n) is 2.26. The quantitative estimate of drug-likeness (QED) is 0.854. The van der Waals surface area contributed by atoms with Crippen molar-refractivity contribution in [3.05, 3.63) is 63.6 Å². The molecule has 2 N–H and O–H groups in total. The Kier molecular flexibility index (Phi) is 4.48. The predicted octanol–water partition coefficient (Wildman–Crippen LogP) is 3.90. The van der Waals surface area contributed by atoms with Crippen molar-refractivity contribution in [2.24, 2.45) is 0 Å². The van der Waals surface area contributed by atoms with Crippen LogP contribution in [-0.2, 0) is 0 Å². The van der Waals surface area contributed by atoms with Crippen LogP contribution < -0.4 is 10.6 Å². The lowest BCUT2D eigenvalue weighted by Crippen LogP contribution is -2.25. The molecule has 0 radical (unpaired) electrons.